The summed E-state index contributed by atoms with van der Waals surface area (Å²) < 4.78 is 11.3. The first-order valence-electron chi connectivity index (χ1n) is 11.4. The first-order valence-corrected chi connectivity index (χ1v) is 11.4. The molecular weight excluding hydrogens is 412 g/mol. The van der Waals surface area contributed by atoms with Gasteiger partial charge in [-0.1, -0.05) is 25.5 Å². The van der Waals surface area contributed by atoms with Crippen LogP contribution in [0.15, 0.2) is 12.2 Å². The summed E-state index contributed by atoms with van der Waals surface area (Å²) in [6, 6.07) is -2.35. The molecule has 5 atom stereocenters. The molecule has 0 aromatic rings. The number of carbonyl (C=O) groups is 3. The predicted octanol–water partition coefficient (Wildman–Crippen LogP) is 3.56. The Balaban J connectivity index is 3.55. The maximum atomic E-state index is 13.3. The molecule has 1 aliphatic rings. The molecule has 1 rings (SSSR count). The molecule has 0 radical (unpaired) electrons. The molecule has 0 saturated carbocycles. The van der Waals surface area contributed by atoms with E-state index in [4.69, 9.17) is 9.47 Å². The number of hydrogen-bond acceptors (Lipinski definition) is 6. The highest BCUT2D eigenvalue weighted by Crippen LogP contribution is 2.37. The van der Waals surface area contributed by atoms with Crippen molar-refractivity contribution in [1.82, 2.24) is 10.2 Å². The minimum Gasteiger partial charge on any atom is -0.458 e. The first kappa shape index (κ1) is 27.9. The first-order chi connectivity index (χ1) is 14.6. The molecule has 8 heteroatoms. The monoisotopic (exact) mass is 454 g/mol. The minimum absolute atomic E-state index is 0.284. The number of allylic oxidation sites excluding steroid dienone is 1. The Hall–Kier alpha value is -2.09. The lowest BCUT2D eigenvalue weighted by Gasteiger charge is -2.39. The van der Waals surface area contributed by atoms with E-state index in [-0.39, 0.29) is 11.8 Å². The number of amides is 2. The number of rotatable bonds is 7. The van der Waals surface area contributed by atoms with Crippen LogP contribution < -0.4 is 5.32 Å². The third-order valence-electron chi connectivity index (χ3n) is 5.05. The smallest absolute Gasteiger partial charge is 0.411 e. The van der Waals surface area contributed by atoms with Gasteiger partial charge in [0.05, 0.1) is 18.2 Å². The molecule has 2 amide bonds. The van der Waals surface area contributed by atoms with Crippen molar-refractivity contribution in [2.24, 2.45) is 5.92 Å². The van der Waals surface area contributed by atoms with Gasteiger partial charge in [-0.25, -0.2) is 9.59 Å². The number of hydrogen-bond donors (Lipinski definition) is 2. The van der Waals surface area contributed by atoms with Crippen molar-refractivity contribution in [2.45, 2.75) is 117 Å². The number of likely N-dealkylation sites (tertiary alicyclic amines) is 1. The molecule has 0 unspecified atom stereocenters. The molecule has 0 aromatic carbocycles. The zero-order valence-electron chi connectivity index (χ0n) is 21.1. The number of nitrogens with zero attached hydrogens (tertiary/aromatic N) is 1. The van der Waals surface area contributed by atoms with Crippen LogP contribution in [0, 0.1) is 5.92 Å². The Morgan fingerprint density at radius 2 is 1.69 bits per heavy atom. The van der Waals surface area contributed by atoms with Crippen LogP contribution in [0.25, 0.3) is 0 Å². The van der Waals surface area contributed by atoms with Crippen LogP contribution in [0.1, 0.15) is 81.6 Å². The Kier molecular flexibility index (Phi) is 9.75. The zero-order chi connectivity index (χ0) is 24.9. The maximum absolute atomic E-state index is 13.3. The SMILES string of the molecule is C/C=C\[C@@H]1C[C@H](C(=O)OC(C)(C)C)N(C(=O)OC(C)(C)C)[C@H]1[C@@H](NC(C)=O)[C@H](O)CCC. The van der Waals surface area contributed by atoms with Crippen molar-refractivity contribution in [3.63, 3.8) is 0 Å². The largest absolute Gasteiger partial charge is 0.458 e. The van der Waals surface area contributed by atoms with Gasteiger partial charge in [0.2, 0.25) is 5.91 Å². The molecule has 1 heterocycles. The lowest BCUT2D eigenvalue weighted by molar-refractivity contribution is -0.160. The van der Waals surface area contributed by atoms with E-state index < -0.39 is 47.5 Å². The zero-order valence-corrected chi connectivity index (χ0v) is 21.1. The van der Waals surface area contributed by atoms with Gasteiger partial charge in [0.15, 0.2) is 0 Å². The van der Waals surface area contributed by atoms with Crippen LogP contribution in [0.2, 0.25) is 0 Å². The molecule has 32 heavy (non-hydrogen) atoms. The summed E-state index contributed by atoms with van der Waals surface area (Å²) in [5.74, 6) is -1.14. The molecular formula is C24H42N2O6. The highest BCUT2D eigenvalue weighted by atomic mass is 16.6. The summed E-state index contributed by atoms with van der Waals surface area (Å²) >= 11 is 0. The number of aliphatic hydroxyl groups is 1. The van der Waals surface area contributed by atoms with E-state index in [1.165, 1.54) is 11.8 Å². The average Bonchev–Trinajstić information content (AvgIpc) is 2.96. The summed E-state index contributed by atoms with van der Waals surface area (Å²) in [6.45, 7) is 15.7. The number of esters is 1. The summed E-state index contributed by atoms with van der Waals surface area (Å²) in [4.78, 5) is 39.9. The fourth-order valence-corrected chi connectivity index (χ4v) is 4.07. The van der Waals surface area contributed by atoms with Crippen LogP contribution in [0.5, 0.6) is 0 Å². The molecule has 1 aliphatic heterocycles. The van der Waals surface area contributed by atoms with Crippen LogP contribution in [0.3, 0.4) is 0 Å². The molecule has 0 aromatic heterocycles. The van der Waals surface area contributed by atoms with Crippen molar-refractivity contribution in [3.8, 4) is 0 Å². The molecule has 1 saturated heterocycles. The maximum Gasteiger partial charge on any atom is 0.411 e. The number of ether oxygens (including phenoxy) is 2. The van der Waals surface area contributed by atoms with Gasteiger partial charge in [-0.2, -0.15) is 0 Å². The third kappa shape index (κ3) is 8.11. The average molecular weight is 455 g/mol. The summed E-state index contributed by atoms with van der Waals surface area (Å²) in [7, 11) is 0. The van der Waals surface area contributed by atoms with Crippen molar-refractivity contribution in [3.05, 3.63) is 12.2 Å². The van der Waals surface area contributed by atoms with Crippen LogP contribution in [-0.2, 0) is 19.1 Å². The van der Waals surface area contributed by atoms with Crippen molar-refractivity contribution >= 4 is 18.0 Å². The second-order valence-electron chi connectivity index (χ2n) is 10.4. The van der Waals surface area contributed by atoms with E-state index >= 15 is 0 Å². The number of aliphatic hydroxyl groups excluding tert-OH is 1. The highest BCUT2D eigenvalue weighted by molar-refractivity contribution is 5.83. The fraction of sp³-hybridized carbons (Fsp3) is 0.792. The van der Waals surface area contributed by atoms with Crippen molar-refractivity contribution in [1.29, 1.82) is 0 Å². The Bertz CT molecular complexity index is 692. The van der Waals surface area contributed by atoms with Gasteiger partial charge in [0.25, 0.3) is 0 Å². The summed E-state index contributed by atoms with van der Waals surface area (Å²) in [5, 5.41) is 13.7. The van der Waals surface area contributed by atoms with Gasteiger partial charge in [0, 0.05) is 12.8 Å². The van der Waals surface area contributed by atoms with E-state index in [2.05, 4.69) is 5.32 Å². The van der Waals surface area contributed by atoms with Gasteiger partial charge in [-0.05, 0) is 61.3 Å². The van der Waals surface area contributed by atoms with E-state index in [0.29, 0.717) is 19.3 Å². The van der Waals surface area contributed by atoms with E-state index in [1.54, 1.807) is 41.5 Å². The Morgan fingerprint density at radius 3 is 2.12 bits per heavy atom. The standard InChI is InChI=1S/C24H42N2O6/c1-10-12-16-14-17(21(29)31-23(4,5)6)26(22(30)32-24(7,8)9)20(16)19(25-15(3)27)18(28)13-11-2/h10,12,16-20,28H,11,13-14H2,1-9H3,(H,25,27)/b12-10-/t16-,17-,18-,19+,20-/m1/s1. The lowest BCUT2D eigenvalue weighted by atomic mass is 9.88. The van der Waals surface area contributed by atoms with Gasteiger partial charge in [0.1, 0.15) is 17.2 Å². The van der Waals surface area contributed by atoms with Crippen LogP contribution in [-0.4, -0.2) is 63.4 Å². The second kappa shape index (κ2) is 11.2. The molecule has 8 nitrogen and oxygen atoms in total. The second-order valence-corrected chi connectivity index (χ2v) is 10.4. The normalized spacial score (nSPS) is 23.7. The van der Waals surface area contributed by atoms with Crippen LogP contribution >= 0.6 is 0 Å². The third-order valence-corrected chi connectivity index (χ3v) is 5.05. The lowest BCUT2D eigenvalue weighted by Crippen LogP contribution is -2.60. The summed E-state index contributed by atoms with van der Waals surface area (Å²) in [5.41, 5.74) is -1.52. The molecule has 2 N–H and O–H groups in total. The Labute approximate surface area is 192 Å². The molecule has 0 bridgehead atoms. The van der Waals surface area contributed by atoms with E-state index in [0.717, 1.165) is 0 Å². The Morgan fingerprint density at radius 1 is 1.12 bits per heavy atom. The van der Waals surface area contributed by atoms with Gasteiger partial charge in [-0.3, -0.25) is 9.69 Å². The quantitative estimate of drug-likeness (QED) is 0.450. The van der Waals surface area contributed by atoms with Gasteiger partial charge >= 0.3 is 12.1 Å². The molecule has 0 spiro atoms. The molecule has 0 aliphatic carbocycles. The molecule has 184 valence electrons. The van der Waals surface area contributed by atoms with Gasteiger partial charge < -0.3 is 19.9 Å². The molecule has 1 fully saturated rings. The topological polar surface area (TPSA) is 105 Å². The fourth-order valence-electron chi connectivity index (χ4n) is 4.07. The highest BCUT2D eigenvalue weighted by Gasteiger charge is 2.53. The van der Waals surface area contributed by atoms with E-state index in [9.17, 15) is 19.5 Å². The number of carbonyl (C=O) groups excluding carboxylic acids is 3. The summed E-state index contributed by atoms with van der Waals surface area (Å²) in [6.07, 6.45) is 3.61. The van der Waals surface area contributed by atoms with Gasteiger partial charge in [-0.15, -0.1) is 0 Å². The minimum atomic E-state index is -0.902. The van der Waals surface area contributed by atoms with Crippen LogP contribution in [0.4, 0.5) is 4.79 Å². The van der Waals surface area contributed by atoms with Crippen molar-refractivity contribution < 1.29 is 29.0 Å². The predicted molar refractivity (Wildman–Crippen MR) is 123 cm³/mol. The number of nitrogens with one attached hydrogen (secondary N) is 1. The van der Waals surface area contributed by atoms with E-state index in [1.807, 2.05) is 26.0 Å². The van der Waals surface area contributed by atoms with Crippen molar-refractivity contribution in [2.75, 3.05) is 0 Å².